The number of anilines is 1. The van der Waals surface area contributed by atoms with Crippen molar-refractivity contribution in [2.75, 3.05) is 5.32 Å². The lowest BCUT2D eigenvalue weighted by Gasteiger charge is -2.09. The van der Waals surface area contributed by atoms with E-state index >= 15 is 0 Å². The molecule has 4 heteroatoms. The quantitative estimate of drug-likeness (QED) is 0.883. The second-order valence-corrected chi connectivity index (χ2v) is 5.06. The minimum atomic E-state index is -0.169. The molecule has 0 aliphatic heterocycles. The maximum atomic E-state index is 12.3. The van der Waals surface area contributed by atoms with Gasteiger partial charge in [-0.25, -0.2) is 0 Å². The molecule has 0 spiro atoms. The van der Waals surface area contributed by atoms with Crippen LogP contribution >= 0.6 is 11.6 Å². The van der Waals surface area contributed by atoms with Crippen molar-refractivity contribution in [1.82, 2.24) is 0 Å². The molecule has 0 unspecified atom stereocenters. The smallest absolute Gasteiger partial charge is 0.259 e. The SMILES string of the molecule is Cc1ccc(Cl)cc1NC(=O)c1c(C)oc(C)c1C. The van der Waals surface area contributed by atoms with Crippen molar-refractivity contribution < 1.29 is 9.21 Å². The lowest BCUT2D eigenvalue weighted by atomic mass is 10.1. The van der Waals surface area contributed by atoms with Gasteiger partial charge in [-0.3, -0.25) is 4.79 Å². The summed E-state index contributed by atoms with van der Waals surface area (Å²) in [5.74, 6) is 1.23. The largest absolute Gasteiger partial charge is 0.466 e. The van der Waals surface area contributed by atoms with Crippen molar-refractivity contribution in [2.24, 2.45) is 0 Å². The van der Waals surface area contributed by atoms with Crippen LogP contribution in [0.3, 0.4) is 0 Å². The first-order valence-electron chi connectivity index (χ1n) is 6.04. The Labute approximate surface area is 117 Å². The fourth-order valence-corrected chi connectivity index (χ4v) is 2.21. The Morgan fingerprint density at radius 1 is 1.16 bits per heavy atom. The number of carbonyl (C=O) groups is 1. The van der Waals surface area contributed by atoms with Crippen LogP contribution in [0.5, 0.6) is 0 Å². The molecule has 0 saturated heterocycles. The molecule has 0 aliphatic rings. The molecular weight excluding hydrogens is 262 g/mol. The summed E-state index contributed by atoms with van der Waals surface area (Å²) in [6.07, 6.45) is 0. The highest BCUT2D eigenvalue weighted by Gasteiger charge is 2.19. The van der Waals surface area contributed by atoms with Crippen LogP contribution in [0.2, 0.25) is 5.02 Å². The van der Waals surface area contributed by atoms with Crippen LogP contribution in [-0.2, 0) is 0 Å². The zero-order valence-electron chi connectivity index (χ0n) is 11.4. The van der Waals surface area contributed by atoms with E-state index in [2.05, 4.69) is 5.32 Å². The Bertz CT molecular complexity index is 644. The summed E-state index contributed by atoms with van der Waals surface area (Å²) in [5, 5.41) is 3.47. The molecule has 0 aliphatic carbocycles. The molecule has 1 N–H and O–H groups in total. The Kier molecular flexibility index (Phi) is 3.67. The normalized spacial score (nSPS) is 10.6. The van der Waals surface area contributed by atoms with Gasteiger partial charge in [0.15, 0.2) is 0 Å². The van der Waals surface area contributed by atoms with E-state index in [0.717, 1.165) is 22.6 Å². The summed E-state index contributed by atoms with van der Waals surface area (Å²) in [6, 6.07) is 5.41. The zero-order valence-corrected chi connectivity index (χ0v) is 12.2. The van der Waals surface area contributed by atoms with Gasteiger partial charge >= 0.3 is 0 Å². The van der Waals surface area contributed by atoms with Gasteiger partial charge in [0, 0.05) is 16.3 Å². The van der Waals surface area contributed by atoms with E-state index in [1.54, 1.807) is 19.1 Å². The van der Waals surface area contributed by atoms with Crippen molar-refractivity contribution >= 4 is 23.2 Å². The van der Waals surface area contributed by atoms with Gasteiger partial charge in [0.05, 0.1) is 5.56 Å². The van der Waals surface area contributed by atoms with E-state index in [1.807, 2.05) is 26.8 Å². The maximum absolute atomic E-state index is 12.3. The molecule has 1 aromatic carbocycles. The Morgan fingerprint density at radius 2 is 1.84 bits per heavy atom. The monoisotopic (exact) mass is 277 g/mol. The molecule has 1 heterocycles. The first kappa shape index (κ1) is 13.7. The van der Waals surface area contributed by atoms with E-state index in [0.29, 0.717) is 16.3 Å². The fraction of sp³-hybridized carbons (Fsp3) is 0.267. The van der Waals surface area contributed by atoms with Gasteiger partial charge in [-0.1, -0.05) is 17.7 Å². The number of furan rings is 1. The van der Waals surface area contributed by atoms with Gasteiger partial charge < -0.3 is 9.73 Å². The summed E-state index contributed by atoms with van der Waals surface area (Å²) in [7, 11) is 0. The van der Waals surface area contributed by atoms with Crippen LogP contribution in [-0.4, -0.2) is 5.91 Å². The molecule has 0 fully saturated rings. The Hall–Kier alpha value is -1.74. The third-order valence-electron chi connectivity index (χ3n) is 3.24. The molecular formula is C15H16ClNO2. The number of halogens is 1. The van der Waals surface area contributed by atoms with Crippen LogP contribution < -0.4 is 5.32 Å². The molecule has 2 aromatic rings. The second kappa shape index (κ2) is 5.10. The second-order valence-electron chi connectivity index (χ2n) is 4.63. The first-order valence-corrected chi connectivity index (χ1v) is 6.42. The first-order chi connectivity index (χ1) is 8.90. The summed E-state index contributed by atoms with van der Waals surface area (Å²) >= 11 is 5.94. The number of rotatable bonds is 2. The standard InChI is InChI=1S/C15H16ClNO2/c1-8-5-6-12(16)7-13(8)17-15(18)14-9(2)10(3)19-11(14)4/h5-7H,1-4H3,(H,17,18). The molecule has 2 rings (SSSR count). The summed E-state index contributed by atoms with van der Waals surface area (Å²) < 4.78 is 5.47. The van der Waals surface area contributed by atoms with Crippen molar-refractivity contribution in [3.05, 3.63) is 51.4 Å². The van der Waals surface area contributed by atoms with E-state index < -0.39 is 0 Å². The van der Waals surface area contributed by atoms with E-state index in [4.69, 9.17) is 16.0 Å². The van der Waals surface area contributed by atoms with Crippen molar-refractivity contribution in [2.45, 2.75) is 27.7 Å². The zero-order chi connectivity index (χ0) is 14.2. The molecule has 0 atom stereocenters. The minimum Gasteiger partial charge on any atom is -0.466 e. The summed E-state index contributed by atoms with van der Waals surface area (Å²) in [4.78, 5) is 12.3. The molecule has 0 bridgehead atoms. The van der Waals surface area contributed by atoms with Crippen molar-refractivity contribution in [3.8, 4) is 0 Å². The van der Waals surface area contributed by atoms with Gasteiger partial charge in [-0.15, -0.1) is 0 Å². The maximum Gasteiger partial charge on any atom is 0.259 e. The van der Waals surface area contributed by atoms with Gasteiger partial charge in [0.2, 0.25) is 0 Å². The number of benzene rings is 1. The third-order valence-corrected chi connectivity index (χ3v) is 3.47. The predicted molar refractivity (Wildman–Crippen MR) is 77.1 cm³/mol. The van der Waals surface area contributed by atoms with Crippen molar-refractivity contribution in [1.29, 1.82) is 0 Å². The van der Waals surface area contributed by atoms with Gasteiger partial charge in [-0.05, 0) is 45.4 Å². The average molecular weight is 278 g/mol. The van der Waals surface area contributed by atoms with Crippen LogP contribution in [0.25, 0.3) is 0 Å². The highest BCUT2D eigenvalue weighted by molar-refractivity contribution is 6.31. The lowest BCUT2D eigenvalue weighted by molar-refractivity contribution is 0.102. The Morgan fingerprint density at radius 3 is 2.42 bits per heavy atom. The van der Waals surface area contributed by atoms with Gasteiger partial charge in [0.25, 0.3) is 5.91 Å². The molecule has 0 saturated carbocycles. The Balaban J connectivity index is 2.33. The molecule has 19 heavy (non-hydrogen) atoms. The highest BCUT2D eigenvalue weighted by Crippen LogP contribution is 2.24. The lowest BCUT2D eigenvalue weighted by Crippen LogP contribution is -2.14. The fourth-order valence-electron chi connectivity index (χ4n) is 2.04. The predicted octanol–water partition coefficient (Wildman–Crippen LogP) is 4.42. The summed E-state index contributed by atoms with van der Waals surface area (Å²) in [6.45, 7) is 7.45. The van der Waals surface area contributed by atoms with Gasteiger partial charge in [0.1, 0.15) is 11.5 Å². The van der Waals surface area contributed by atoms with E-state index in [-0.39, 0.29) is 5.91 Å². The number of hydrogen-bond donors (Lipinski definition) is 1. The molecule has 1 amide bonds. The van der Waals surface area contributed by atoms with E-state index in [1.165, 1.54) is 0 Å². The summed E-state index contributed by atoms with van der Waals surface area (Å²) in [5.41, 5.74) is 3.15. The molecule has 3 nitrogen and oxygen atoms in total. The highest BCUT2D eigenvalue weighted by atomic mass is 35.5. The van der Waals surface area contributed by atoms with E-state index in [9.17, 15) is 4.79 Å². The minimum absolute atomic E-state index is 0.169. The third kappa shape index (κ3) is 2.66. The van der Waals surface area contributed by atoms with Crippen LogP contribution in [0.4, 0.5) is 5.69 Å². The number of aryl methyl sites for hydroxylation is 3. The molecule has 100 valence electrons. The number of nitrogens with one attached hydrogen (secondary N) is 1. The van der Waals surface area contributed by atoms with Crippen LogP contribution in [0, 0.1) is 27.7 Å². The van der Waals surface area contributed by atoms with Gasteiger partial charge in [-0.2, -0.15) is 0 Å². The molecule has 1 aromatic heterocycles. The number of amides is 1. The molecule has 0 radical (unpaired) electrons. The number of hydrogen-bond acceptors (Lipinski definition) is 2. The number of carbonyl (C=O) groups excluding carboxylic acids is 1. The van der Waals surface area contributed by atoms with Crippen molar-refractivity contribution in [3.63, 3.8) is 0 Å². The topological polar surface area (TPSA) is 42.2 Å². The van der Waals surface area contributed by atoms with Crippen LogP contribution in [0.1, 0.15) is 33.0 Å². The average Bonchev–Trinajstić information content (AvgIpc) is 2.58. The van der Waals surface area contributed by atoms with Crippen LogP contribution in [0.15, 0.2) is 22.6 Å².